The van der Waals surface area contributed by atoms with E-state index in [2.05, 4.69) is 30.5 Å². The summed E-state index contributed by atoms with van der Waals surface area (Å²) in [7, 11) is -1.11. The van der Waals surface area contributed by atoms with Crippen LogP contribution in [0.4, 0.5) is 5.69 Å². The zero-order valence-electron chi connectivity index (χ0n) is 20.9. The first kappa shape index (κ1) is 27.1. The molecular formula is C23H32N6O6S. The van der Waals surface area contributed by atoms with Gasteiger partial charge in [-0.05, 0) is 38.0 Å². The van der Waals surface area contributed by atoms with Crippen LogP contribution in [0.5, 0.6) is 11.5 Å². The van der Waals surface area contributed by atoms with Gasteiger partial charge < -0.3 is 14.2 Å². The van der Waals surface area contributed by atoms with Crippen LogP contribution >= 0.6 is 0 Å². The molecule has 1 fully saturated rings. The molecule has 1 aliphatic rings. The van der Waals surface area contributed by atoms with Crippen LogP contribution in [-0.4, -0.2) is 62.9 Å². The Labute approximate surface area is 210 Å². The third kappa shape index (κ3) is 6.61. The SMILES string of the molecule is COc1cccc(OC)c1/N=C(/NNC(=O)[C@@H]1CCOC1)NS(=O)(=O)[C@@H](C)[C@H](C)c1ncc(C)cn1. The van der Waals surface area contributed by atoms with Crippen molar-refractivity contribution in [1.82, 2.24) is 25.5 Å². The minimum Gasteiger partial charge on any atom is -0.494 e. The van der Waals surface area contributed by atoms with Gasteiger partial charge in [-0.2, -0.15) is 0 Å². The molecule has 36 heavy (non-hydrogen) atoms. The molecular weight excluding hydrogens is 488 g/mol. The third-order valence-corrected chi connectivity index (χ3v) is 7.74. The lowest BCUT2D eigenvalue weighted by atomic mass is 10.1. The second-order valence-corrected chi connectivity index (χ2v) is 10.4. The number of rotatable bonds is 8. The first-order valence-electron chi connectivity index (χ1n) is 11.4. The van der Waals surface area contributed by atoms with Gasteiger partial charge >= 0.3 is 0 Å². The van der Waals surface area contributed by atoms with Crippen LogP contribution in [0.15, 0.2) is 35.6 Å². The maximum atomic E-state index is 13.3. The van der Waals surface area contributed by atoms with E-state index in [0.717, 1.165) is 5.56 Å². The fourth-order valence-electron chi connectivity index (χ4n) is 3.44. The van der Waals surface area contributed by atoms with Gasteiger partial charge in [0.05, 0.1) is 32.0 Å². The van der Waals surface area contributed by atoms with Gasteiger partial charge in [0.25, 0.3) is 0 Å². The zero-order chi connectivity index (χ0) is 26.3. The molecule has 13 heteroatoms. The van der Waals surface area contributed by atoms with Crippen LogP contribution in [0.25, 0.3) is 0 Å². The van der Waals surface area contributed by atoms with Crippen LogP contribution in [0, 0.1) is 12.8 Å². The standard InChI is InChI=1S/C23H32N6O6S/c1-14-11-24-21(25-12-14)15(2)16(3)36(31,32)29-23(28-27-22(30)17-9-10-35-13-17)26-20-18(33-4)7-6-8-19(20)34-5/h6-8,11-12,15-17H,9-10,13H2,1-5H3,(H,27,30)(H2,26,28,29)/t15-,16-,17+/m0/s1. The van der Waals surface area contributed by atoms with E-state index in [-0.39, 0.29) is 30.1 Å². The highest BCUT2D eigenvalue weighted by Gasteiger charge is 2.31. The largest absolute Gasteiger partial charge is 0.494 e. The Kier molecular flexibility index (Phi) is 9.04. The van der Waals surface area contributed by atoms with Crippen molar-refractivity contribution in [3.8, 4) is 11.5 Å². The van der Waals surface area contributed by atoms with Crippen molar-refractivity contribution < 1.29 is 27.4 Å². The molecule has 0 unspecified atom stereocenters. The lowest BCUT2D eigenvalue weighted by molar-refractivity contribution is -0.125. The summed E-state index contributed by atoms with van der Waals surface area (Å²) in [6.45, 7) is 5.90. The number of guanidine groups is 1. The second kappa shape index (κ2) is 12.0. The Balaban J connectivity index is 1.90. The fraction of sp³-hybridized carbons (Fsp3) is 0.478. The van der Waals surface area contributed by atoms with E-state index in [9.17, 15) is 13.2 Å². The number of carbonyl (C=O) groups is 1. The number of ether oxygens (including phenoxy) is 3. The number of para-hydroxylation sites is 1. The number of methoxy groups -OCH3 is 2. The van der Waals surface area contributed by atoms with E-state index in [4.69, 9.17) is 14.2 Å². The van der Waals surface area contributed by atoms with Crippen molar-refractivity contribution in [2.24, 2.45) is 10.9 Å². The number of benzene rings is 1. The number of hydrogen-bond donors (Lipinski definition) is 3. The number of aryl methyl sites for hydroxylation is 1. The maximum absolute atomic E-state index is 13.3. The maximum Gasteiger partial charge on any atom is 0.243 e. The number of sulfonamides is 1. The highest BCUT2D eigenvalue weighted by atomic mass is 32.2. The van der Waals surface area contributed by atoms with Gasteiger partial charge in [-0.15, -0.1) is 0 Å². The summed E-state index contributed by atoms with van der Waals surface area (Å²) in [5, 5.41) is -0.939. The average molecular weight is 521 g/mol. The van der Waals surface area contributed by atoms with Gasteiger partial charge in [0.15, 0.2) is 5.69 Å². The van der Waals surface area contributed by atoms with Gasteiger partial charge in [-0.25, -0.2) is 23.4 Å². The van der Waals surface area contributed by atoms with E-state index in [1.54, 1.807) is 44.4 Å². The summed E-state index contributed by atoms with van der Waals surface area (Å²) in [6, 6.07) is 5.02. The Morgan fingerprint density at radius 2 is 1.78 bits per heavy atom. The molecule has 2 aromatic rings. The van der Waals surface area contributed by atoms with E-state index in [1.807, 2.05) is 6.92 Å². The van der Waals surface area contributed by atoms with Crippen molar-refractivity contribution in [3.05, 3.63) is 42.0 Å². The second-order valence-electron chi connectivity index (χ2n) is 8.41. The molecule has 12 nitrogen and oxygen atoms in total. The zero-order valence-corrected chi connectivity index (χ0v) is 21.8. The van der Waals surface area contributed by atoms with E-state index >= 15 is 0 Å². The smallest absolute Gasteiger partial charge is 0.243 e. The molecule has 3 rings (SSSR count). The molecule has 1 saturated heterocycles. The number of hydrazine groups is 1. The molecule has 1 amide bonds. The molecule has 196 valence electrons. The molecule has 1 aromatic heterocycles. The molecule has 0 bridgehead atoms. The van der Waals surface area contributed by atoms with Gasteiger partial charge in [-0.1, -0.05) is 13.0 Å². The molecule has 1 aromatic carbocycles. The molecule has 3 N–H and O–H groups in total. The molecule has 0 saturated carbocycles. The number of aliphatic imine (C=N–C) groups is 1. The first-order chi connectivity index (χ1) is 17.2. The normalized spacial score (nSPS) is 17.7. The lowest BCUT2D eigenvalue weighted by Gasteiger charge is -2.22. The van der Waals surface area contributed by atoms with E-state index in [0.29, 0.717) is 30.4 Å². The fourth-order valence-corrected chi connectivity index (χ4v) is 4.65. The summed E-state index contributed by atoms with van der Waals surface area (Å²) in [6.07, 6.45) is 3.84. The molecule has 1 aliphatic heterocycles. The molecule has 0 spiro atoms. The van der Waals surface area contributed by atoms with Crippen molar-refractivity contribution in [2.45, 2.75) is 38.4 Å². The van der Waals surface area contributed by atoms with Crippen molar-refractivity contribution >= 4 is 27.6 Å². The van der Waals surface area contributed by atoms with Crippen molar-refractivity contribution in [2.75, 3.05) is 27.4 Å². The van der Waals surface area contributed by atoms with Crippen LogP contribution in [0.2, 0.25) is 0 Å². The van der Waals surface area contributed by atoms with Gasteiger partial charge in [0.2, 0.25) is 21.9 Å². The minimum absolute atomic E-state index is 0.230. The summed E-state index contributed by atoms with van der Waals surface area (Å²) >= 11 is 0. The number of nitrogens with zero attached hydrogens (tertiary/aromatic N) is 3. The number of amides is 1. The Hall–Kier alpha value is -3.45. The topological polar surface area (TPSA) is 153 Å². The molecule has 0 radical (unpaired) electrons. The highest BCUT2D eigenvalue weighted by molar-refractivity contribution is 7.90. The van der Waals surface area contributed by atoms with Crippen LogP contribution in [-0.2, 0) is 19.6 Å². The number of carbonyl (C=O) groups excluding carboxylic acids is 1. The molecule has 0 aliphatic carbocycles. The summed E-state index contributed by atoms with van der Waals surface area (Å²) in [5.41, 5.74) is 6.22. The quantitative estimate of drug-likeness (QED) is 0.267. The Bertz CT molecular complexity index is 1160. The predicted octanol–water partition coefficient (Wildman–Crippen LogP) is 1.56. The Morgan fingerprint density at radius 1 is 1.14 bits per heavy atom. The lowest BCUT2D eigenvalue weighted by Crippen LogP contribution is -2.52. The van der Waals surface area contributed by atoms with Crippen molar-refractivity contribution in [1.29, 1.82) is 0 Å². The summed E-state index contributed by atoms with van der Waals surface area (Å²) < 4.78 is 45.1. The average Bonchev–Trinajstić information content (AvgIpc) is 3.42. The van der Waals surface area contributed by atoms with Gasteiger partial charge in [0.1, 0.15) is 17.3 Å². The van der Waals surface area contributed by atoms with Crippen LogP contribution < -0.4 is 25.0 Å². The van der Waals surface area contributed by atoms with Crippen molar-refractivity contribution in [3.63, 3.8) is 0 Å². The van der Waals surface area contributed by atoms with Crippen LogP contribution in [0.1, 0.15) is 37.6 Å². The third-order valence-electron chi connectivity index (χ3n) is 5.87. The van der Waals surface area contributed by atoms with Crippen LogP contribution in [0.3, 0.4) is 0 Å². The number of aromatic nitrogens is 2. The predicted molar refractivity (Wildman–Crippen MR) is 134 cm³/mol. The monoisotopic (exact) mass is 520 g/mol. The highest BCUT2D eigenvalue weighted by Crippen LogP contribution is 2.37. The first-order valence-corrected chi connectivity index (χ1v) is 12.9. The number of hydrogen-bond acceptors (Lipinski definition) is 9. The summed E-state index contributed by atoms with van der Waals surface area (Å²) in [4.78, 5) is 25.4. The summed E-state index contributed by atoms with van der Waals surface area (Å²) in [5.74, 6) is -0.388. The Morgan fingerprint density at radius 3 is 2.33 bits per heavy atom. The molecule has 3 atom stereocenters. The van der Waals surface area contributed by atoms with E-state index < -0.39 is 21.2 Å². The van der Waals surface area contributed by atoms with Gasteiger partial charge in [-0.3, -0.25) is 20.4 Å². The van der Waals surface area contributed by atoms with Gasteiger partial charge in [0, 0.05) is 24.9 Å². The minimum atomic E-state index is -4.02. The molecule has 2 heterocycles. The number of nitrogens with one attached hydrogen (secondary N) is 3. The van der Waals surface area contributed by atoms with E-state index in [1.165, 1.54) is 14.2 Å².